The molecule has 3 aliphatic rings. The van der Waals surface area contributed by atoms with E-state index in [1.54, 1.807) is 0 Å². The van der Waals surface area contributed by atoms with Crippen molar-refractivity contribution in [1.29, 1.82) is 0 Å². The quantitative estimate of drug-likeness (QED) is 0.545. The SMILES string of the molecule is O=C(c1ccccc1)N1CCN(C2CN(C(=O)c3ccc4c(c3)CCN(Cc3ccccc3)C4)C2)CC1. The Morgan fingerprint density at radius 2 is 1.35 bits per heavy atom. The van der Waals surface area contributed by atoms with Gasteiger partial charge in [-0.2, -0.15) is 0 Å². The zero-order valence-corrected chi connectivity index (χ0v) is 21.3. The highest BCUT2D eigenvalue weighted by atomic mass is 16.2. The lowest BCUT2D eigenvalue weighted by atomic mass is 9.95. The summed E-state index contributed by atoms with van der Waals surface area (Å²) >= 11 is 0. The zero-order chi connectivity index (χ0) is 25.2. The summed E-state index contributed by atoms with van der Waals surface area (Å²) < 4.78 is 0. The van der Waals surface area contributed by atoms with Crippen molar-refractivity contribution in [3.63, 3.8) is 0 Å². The molecule has 0 aliphatic carbocycles. The Balaban J connectivity index is 0.990. The molecular weight excluding hydrogens is 460 g/mol. The Morgan fingerprint density at radius 3 is 2.08 bits per heavy atom. The fraction of sp³-hybridized carbons (Fsp3) is 0.355. The molecule has 0 aromatic heterocycles. The highest BCUT2D eigenvalue weighted by Gasteiger charge is 2.37. The van der Waals surface area contributed by atoms with Crippen LogP contribution in [0.4, 0.5) is 0 Å². The molecule has 2 amide bonds. The Morgan fingerprint density at radius 1 is 0.676 bits per heavy atom. The first-order valence-corrected chi connectivity index (χ1v) is 13.4. The minimum absolute atomic E-state index is 0.112. The van der Waals surface area contributed by atoms with Gasteiger partial charge in [0, 0.05) is 76.1 Å². The number of piperazine rings is 1. The third kappa shape index (κ3) is 5.17. The van der Waals surface area contributed by atoms with Crippen LogP contribution in [-0.2, 0) is 19.5 Å². The molecule has 0 spiro atoms. The van der Waals surface area contributed by atoms with Gasteiger partial charge >= 0.3 is 0 Å². The van der Waals surface area contributed by atoms with Crippen molar-refractivity contribution in [2.75, 3.05) is 45.8 Å². The van der Waals surface area contributed by atoms with E-state index in [1.165, 1.54) is 16.7 Å². The van der Waals surface area contributed by atoms with Gasteiger partial charge in [0.2, 0.25) is 0 Å². The zero-order valence-electron chi connectivity index (χ0n) is 21.3. The van der Waals surface area contributed by atoms with Crippen LogP contribution in [0, 0.1) is 0 Å². The predicted octanol–water partition coefficient (Wildman–Crippen LogP) is 3.53. The molecule has 3 aliphatic heterocycles. The average Bonchev–Trinajstić information content (AvgIpc) is 2.93. The molecule has 0 bridgehead atoms. The number of benzene rings is 3. The summed E-state index contributed by atoms with van der Waals surface area (Å²) in [6.45, 7) is 7.67. The minimum Gasteiger partial charge on any atom is -0.336 e. The van der Waals surface area contributed by atoms with E-state index in [0.717, 1.165) is 76.5 Å². The third-order valence-electron chi connectivity index (χ3n) is 8.08. The lowest BCUT2D eigenvalue weighted by Gasteiger charge is -2.48. The first-order valence-electron chi connectivity index (χ1n) is 13.4. The highest BCUT2D eigenvalue weighted by molar-refractivity contribution is 5.95. The first-order chi connectivity index (χ1) is 18.1. The van der Waals surface area contributed by atoms with Crippen molar-refractivity contribution < 1.29 is 9.59 Å². The van der Waals surface area contributed by atoms with Crippen LogP contribution in [0.5, 0.6) is 0 Å². The molecule has 0 atom stereocenters. The number of rotatable bonds is 5. The Hall–Kier alpha value is -3.48. The average molecular weight is 495 g/mol. The van der Waals surface area contributed by atoms with Crippen LogP contribution in [0.15, 0.2) is 78.9 Å². The van der Waals surface area contributed by atoms with Gasteiger partial charge in [0.15, 0.2) is 0 Å². The Bertz CT molecular complexity index is 1250. The van der Waals surface area contributed by atoms with Crippen LogP contribution in [0.25, 0.3) is 0 Å². The number of carbonyl (C=O) groups is 2. The smallest absolute Gasteiger partial charge is 0.253 e. The van der Waals surface area contributed by atoms with E-state index in [2.05, 4.69) is 52.3 Å². The molecule has 0 N–H and O–H groups in total. The molecule has 6 heteroatoms. The van der Waals surface area contributed by atoms with Gasteiger partial charge in [-0.05, 0) is 47.4 Å². The number of amides is 2. The number of fused-ring (bicyclic) bond motifs is 1. The first kappa shape index (κ1) is 23.9. The molecule has 0 saturated carbocycles. The van der Waals surface area contributed by atoms with Gasteiger partial charge in [0.1, 0.15) is 0 Å². The molecule has 3 aromatic rings. The number of carbonyl (C=O) groups excluding carboxylic acids is 2. The summed E-state index contributed by atoms with van der Waals surface area (Å²) in [4.78, 5) is 34.7. The summed E-state index contributed by atoms with van der Waals surface area (Å²) in [6, 6.07) is 26.8. The van der Waals surface area contributed by atoms with Crippen molar-refractivity contribution in [3.8, 4) is 0 Å². The Labute approximate surface area is 219 Å². The second-order valence-electron chi connectivity index (χ2n) is 10.5. The molecule has 2 fully saturated rings. The summed E-state index contributed by atoms with van der Waals surface area (Å²) in [6.07, 6.45) is 0.984. The molecule has 0 unspecified atom stereocenters. The molecule has 0 radical (unpaired) electrons. The number of nitrogens with zero attached hydrogens (tertiary/aromatic N) is 4. The molecular formula is C31H34N4O2. The van der Waals surface area contributed by atoms with E-state index in [1.807, 2.05) is 46.2 Å². The molecule has 6 nitrogen and oxygen atoms in total. The van der Waals surface area contributed by atoms with Crippen molar-refractivity contribution in [2.45, 2.75) is 25.6 Å². The van der Waals surface area contributed by atoms with Crippen molar-refractivity contribution in [3.05, 3.63) is 107 Å². The van der Waals surface area contributed by atoms with Crippen LogP contribution in [0.2, 0.25) is 0 Å². The van der Waals surface area contributed by atoms with Gasteiger partial charge in [0.25, 0.3) is 11.8 Å². The van der Waals surface area contributed by atoms with Crippen molar-refractivity contribution >= 4 is 11.8 Å². The van der Waals surface area contributed by atoms with E-state index in [0.29, 0.717) is 6.04 Å². The van der Waals surface area contributed by atoms with E-state index in [4.69, 9.17) is 0 Å². The fourth-order valence-electron chi connectivity index (χ4n) is 5.81. The highest BCUT2D eigenvalue weighted by Crippen LogP contribution is 2.25. The summed E-state index contributed by atoms with van der Waals surface area (Å²) in [5.41, 5.74) is 5.56. The van der Waals surface area contributed by atoms with Gasteiger partial charge in [0.05, 0.1) is 0 Å². The summed E-state index contributed by atoms with van der Waals surface area (Å²) in [7, 11) is 0. The summed E-state index contributed by atoms with van der Waals surface area (Å²) in [5, 5.41) is 0. The molecule has 3 aromatic carbocycles. The fourth-order valence-corrected chi connectivity index (χ4v) is 5.81. The maximum Gasteiger partial charge on any atom is 0.253 e. The van der Waals surface area contributed by atoms with Gasteiger partial charge < -0.3 is 9.80 Å². The van der Waals surface area contributed by atoms with Crippen LogP contribution in [-0.4, -0.2) is 83.3 Å². The Kier molecular flexibility index (Phi) is 6.77. The molecule has 190 valence electrons. The van der Waals surface area contributed by atoms with Crippen molar-refractivity contribution in [2.24, 2.45) is 0 Å². The summed E-state index contributed by atoms with van der Waals surface area (Å²) in [5.74, 6) is 0.255. The lowest BCUT2D eigenvalue weighted by molar-refractivity contribution is 0.00853. The van der Waals surface area contributed by atoms with Crippen LogP contribution in [0.1, 0.15) is 37.4 Å². The van der Waals surface area contributed by atoms with Gasteiger partial charge in [-0.3, -0.25) is 19.4 Å². The standard InChI is InChI=1S/C31H34N4O2/c36-30(25-9-5-2-6-10-25)34-17-15-33(16-18-34)29-22-35(23-29)31(37)27-11-12-28-21-32(14-13-26(28)19-27)20-24-7-3-1-4-8-24/h1-12,19,29H,13-18,20-23H2. The molecule has 37 heavy (non-hydrogen) atoms. The second kappa shape index (κ2) is 10.5. The van der Waals surface area contributed by atoms with Crippen LogP contribution >= 0.6 is 0 Å². The van der Waals surface area contributed by atoms with E-state index >= 15 is 0 Å². The largest absolute Gasteiger partial charge is 0.336 e. The number of hydrogen-bond acceptors (Lipinski definition) is 4. The topological polar surface area (TPSA) is 47.1 Å². The second-order valence-corrected chi connectivity index (χ2v) is 10.5. The maximum absolute atomic E-state index is 13.2. The lowest BCUT2D eigenvalue weighted by Crippen LogP contribution is -2.64. The minimum atomic E-state index is 0.112. The third-order valence-corrected chi connectivity index (χ3v) is 8.08. The van der Waals surface area contributed by atoms with E-state index in [9.17, 15) is 9.59 Å². The van der Waals surface area contributed by atoms with E-state index < -0.39 is 0 Å². The number of hydrogen-bond donors (Lipinski definition) is 0. The van der Waals surface area contributed by atoms with Gasteiger partial charge in [-0.1, -0.05) is 54.6 Å². The van der Waals surface area contributed by atoms with Gasteiger partial charge in [-0.15, -0.1) is 0 Å². The van der Waals surface area contributed by atoms with E-state index in [-0.39, 0.29) is 11.8 Å². The van der Waals surface area contributed by atoms with Crippen LogP contribution in [0.3, 0.4) is 0 Å². The maximum atomic E-state index is 13.2. The molecule has 6 rings (SSSR count). The monoisotopic (exact) mass is 494 g/mol. The van der Waals surface area contributed by atoms with Crippen molar-refractivity contribution in [1.82, 2.24) is 19.6 Å². The normalized spacial score (nSPS) is 18.8. The molecule has 2 saturated heterocycles. The predicted molar refractivity (Wildman–Crippen MR) is 144 cm³/mol. The van der Waals surface area contributed by atoms with Gasteiger partial charge in [-0.25, -0.2) is 0 Å². The number of likely N-dealkylation sites (tertiary alicyclic amines) is 1. The van der Waals surface area contributed by atoms with Crippen LogP contribution < -0.4 is 0 Å². The molecule has 3 heterocycles.